The first kappa shape index (κ1) is 60.4. The van der Waals surface area contributed by atoms with Gasteiger partial charge in [0.2, 0.25) is 29.5 Å². The Morgan fingerprint density at radius 3 is 2.03 bits per heavy atom. The Morgan fingerprint density at radius 1 is 0.792 bits per heavy atom. The highest BCUT2D eigenvalue weighted by molar-refractivity contribution is 5.88. The summed E-state index contributed by atoms with van der Waals surface area (Å²) in [7, 11) is 0. The monoisotopic (exact) mass is 1020 g/mol. The van der Waals surface area contributed by atoms with Crippen LogP contribution in [0.3, 0.4) is 0 Å². The number of rotatable bonds is 35. The Kier molecular flexibility index (Phi) is 27.1. The van der Waals surface area contributed by atoms with Crippen molar-refractivity contribution in [2.45, 2.75) is 90.5 Å². The minimum atomic E-state index is -1.55. The van der Waals surface area contributed by atoms with Crippen LogP contribution in [-0.4, -0.2) is 159 Å². The first-order valence-corrected chi connectivity index (χ1v) is 24.1. The lowest BCUT2D eigenvalue weighted by Crippen LogP contribution is -2.53. The Bertz CT molecular complexity index is 2160. The van der Waals surface area contributed by atoms with E-state index in [9.17, 15) is 43.4 Å². The molecule has 72 heavy (non-hydrogen) atoms. The summed E-state index contributed by atoms with van der Waals surface area (Å²) in [6.45, 7) is 8.41. The number of hydrogen-bond donors (Lipinski definition) is 8. The molecule has 5 amide bonds. The predicted molar refractivity (Wildman–Crippen MR) is 263 cm³/mol. The molecule has 0 spiro atoms. The number of ether oxygens (including phenoxy) is 4. The SMILES string of the molecule is CC(=O)N[C@@H](CCCCN)C(=O)NCCOCCOCCOCCOCCC(=O)NC[C@@H](NC(=O)[C@@H](N)CCN(C(=O)CO)[C@@H](c1cc(-c2cc(F)ccc2F)cn1Cc1ccccc1)C(C)(C)C)C(=O)O. The van der Waals surface area contributed by atoms with Crippen LogP contribution in [0.2, 0.25) is 0 Å². The highest BCUT2D eigenvalue weighted by Gasteiger charge is 2.38. The number of nitrogens with one attached hydrogen (secondary N) is 4. The van der Waals surface area contributed by atoms with Gasteiger partial charge >= 0.3 is 5.97 Å². The van der Waals surface area contributed by atoms with Crippen molar-refractivity contribution in [3.63, 3.8) is 0 Å². The van der Waals surface area contributed by atoms with E-state index in [4.69, 9.17) is 30.4 Å². The van der Waals surface area contributed by atoms with Crippen LogP contribution in [0.1, 0.15) is 77.1 Å². The summed E-state index contributed by atoms with van der Waals surface area (Å²) in [6.07, 6.45) is 3.38. The molecule has 1 aromatic heterocycles. The maximum atomic E-state index is 15.1. The smallest absolute Gasteiger partial charge is 0.328 e. The molecule has 0 bridgehead atoms. The molecule has 1 heterocycles. The number of carboxylic acids is 1. The number of halogens is 2. The van der Waals surface area contributed by atoms with Gasteiger partial charge in [0, 0.05) is 62.5 Å². The summed E-state index contributed by atoms with van der Waals surface area (Å²) in [6, 6.07) is 9.88. The van der Waals surface area contributed by atoms with Crippen LogP contribution in [-0.2, 0) is 54.3 Å². The Balaban J connectivity index is 1.41. The minimum absolute atomic E-state index is 0.0111. The van der Waals surface area contributed by atoms with E-state index in [2.05, 4.69) is 21.3 Å². The van der Waals surface area contributed by atoms with E-state index in [1.165, 1.54) is 11.8 Å². The van der Waals surface area contributed by atoms with E-state index in [-0.39, 0.29) is 76.3 Å². The summed E-state index contributed by atoms with van der Waals surface area (Å²) in [5.74, 6) is -5.37. The standard InChI is InChI=1S/C50H74F2N8O12/c1-34(62)57-41(12-8-9-17-53)48(66)55-18-21-70-23-25-72-27-26-71-24-22-69-20-16-44(63)56-30-42(49(67)68)58-47(65)40(54)15-19-60(45(64)33-61)46(50(2,3)4)43-28-36(38-29-37(51)13-14-39(38)52)32-59(43)31-35-10-6-5-7-11-35/h5-7,10-11,13-14,28-29,32,40-42,46,61H,8-9,12,15-27,30-31,33,53-54H2,1-4H3,(H,55,66)(H,56,63)(H,57,62)(H,58,65)(H,67,68)/t40-,41-,42+,46-/m0/s1. The van der Waals surface area contributed by atoms with Crippen LogP contribution in [0.25, 0.3) is 11.1 Å². The molecule has 400 valence electrons. The largest absolute Gasteiger partial charge is 0.480 e. The van der Waals surface area contributed by atoms with Crippen molar-refractivity contribution in [1.82, 2.24) is 30.7 Å². The van der Waals surface area contributed by atoms with Crippen molar-refractivity contribution in [1.29, 1.82) is 0 Å². The van der Waals surface area contributed by atoms with Crippen molar-refractivity contribution in [2.75, 3.05) is 85.6 Å². The molecule has 0 aliphatic rings. The van der Waals surface area contributed by atoms with Gasteiger partial charge in [-0.15, -0.1) is 0 Å². The van der Waals surface area contributed by atoms with Crippen molar-refractivity contribution in [3.05, 3.63) is 83.7 Å². The molecule has 0 aliphatic heterocycles. The van der Waals surface area contributed by atoms with Gasteiger partial charge in [-0.1, -0.05) is 51.1 Å². The zero-order valence-corrected chi connectivity index (χ0v) is 41.8. The summed E-state index contributed by atoms with van der Waals surface area (Å²) in [5.41, 5.74) is 12.8. The molecule has 4 atom stereocenters. The molecule has 3 rings (SSSR count). The zero-order valence-electron chi connectivity index (χ0n) is 41.8. The van der Waals surface area contributed by atoms with E-state index >= 15 is 4.39 Å². The molecule has 22 heteroatoms. The minimum Gasteiger partial charge on any atom is -0.480 e. The van der Waals surface area contributed by atoms with E-state index in [0.717, 1.165) is 36.6 Å². The lowest BCUT2D eigenvalue weighted by Gasteiger charge is -2.41. The van der Waals surface area contributed by atoms with Gasteiger partial charge in [-0.25, -0.2) is 13.6 Å². The Morgan fingerprint density at radius 2 is 1.43 bits per heavy atom. The summed E-state index contributed by atoms with van der Waals surface area (Å²) in [4.78, 5) is 76.6. The van der Waals surface area contributed by atoms with Crippen molar-refractivity contribution in [3.8, 4) is 11.1 Å². The molecule has 2 aromatic carbocycles. The van der Waals surface area contributed by atoms with Crippen LogP contribution >= 0.6 is 0 Å². The van der Waals surface area contributed by atoms with Crippen LogP contribution in [0, 0.1) is 17.0 Å². The lowest BCUT2D eigenvalue weighted by molar-refractivity contribution is -0.142. The molecule has 0 unspecified atom stereocenters. The number of amides is 5. The fourth-order valence-electron chi connectivity index (χ4n) is 7.60. The fraction of sp³-hybridized carbons (Fsp3) is 0.560. The van der Waals surface area contributed by atoms with Gasteiger partial charge in [0.1, 0.15) is 30.3 Å². The van der Waals surface area contributed by atoms with Gasteiger partial charge in [-0.05, 0) is 67.5 Å². The second kappa shape index (κ2) is 32.2. The zero-order chi connectivity index (χ0) is 53.1. The Hall–Kier alpha value is -5.88. The predicted octanol–water partition coefficient (Wildman–Crippen LogP) is 2.00. The highest BCUT2D eigenvalue weighted by Crippen LogP contribution is 2.41. The number of aliphatic hydroxyl groups is 1. The van der Waals surface area contributed by atoms with Gasteiger partial charge in [-0.3, -0.25) is 24.0 Å². The van der Waals surface area contributed by atoms with Crippen LogP contribution in [0.5, 0.6) is 0 Å². The molecule has 0 saturated heterocycles. The van der Waals surface area contributed by atoms with Gasteiger partial charge in [0.05, 0.1) is 64.9 Å². The maximum Gasteiger partial charge on any atom is 0.328 e. The molecule has 0 aliphatic carbocycles. The molecule has 3 aromatic rings. The summed E-state index contributed by atoms with van der Waals surface area (Å²) in [5, 5.41) is 30.2. The molecular formula is C50H74F2N8O12. The topological polar surface area (TPSA) is 288 Å². The molecule has 10 N–H and O–H groups in total. The number of aromatic nitrogens is 1. The molecule has 0 radical (unpaired) electrons. The average Bonchev–Trinajstić information content (AvgIpc) is 3.74. The highest BCUT2D eigenvalue weighted by atomic mass is 19.1. The molecule has 20 nitrogen and oxygen atoms in total. The normalized spacial score (nSPS) is 13.1. The fourth-order valence-corrected chi connectivity index (χ4v) is 7.60. The molecule has 0 saturated carbocycles. The molecule has 0 fully saturated rings. The van der Waals surface area contributed by atoms with Crippen molar-refractivity contribution < 1.29 is 66.7 Å². The van der Waals surface area contributed by atoms with Gasteiger partial charge < -0.3 is 71.4 Å². The Labute approximate surface area is 419 Å². The first-order chi connectivity index (χ1) is 34.4. The number of nitrogens with zero attached hydrogens (tertiary/aromatic N) is 2. The van der Waals surface area contributed by atoms with Crippen LogP contribution < -0.4 is 32.7 Å². The first-order valence-electron chi connectivity index (χ1n) is 24.1. The summed E-state index contributed by atoms with van der Waals surface area (Å²) >= 11 is 0. The number of aliphatic carboxylic acids is 1. The number of carbonyl (C=O) groups excluding carboxylic acids is 5. The number of carboxylic acid groups (broad SMARTS) is 1. The third kappa shape index (κ3) is 21.9. The number of unbranched alkanes of at least 4 members (excludes halogenated alkanes) is 1. The second-order valence-electron chi connectivity index (χ2n) is 18.0. The third-order valence-electron chi connectivity index (χ3n) is 11.1. The van der Waals surface area contributed by atoms with E-state index in [1.807, 2.05) is 55.7 Å². The number of benzene rings is 2. The summed E-state index contributed by atoms with van der Waals surface area (Å²) < 4.78 is 53.1. The van der Waals surface area contributed by atoms with Crippen LogP contribution in [0.4, 0.5) is 8.78 Å². The van der Waals surface area contributed by atoms with Crippen molar-refractivity contribution >= 4 is 35.5 Å². The third-order valence-corrected chi connectivity index (χ3v) is 11.1. The quantitative estimate of drug-likeness (QED) is 0.0392. The number of carbonyl (C=O) groups is 6. The van der Waals surface area contributed by atoms with Gasteiger partial charge in [0.25, 0.3) is 0 Å². The maximum absolute atomic E-state index is 15.1. The van der Waals surface area contributed by atoms with E-state index < -0.39 is 78.1 Å². The average molecular weight is 1020 g/mol. The molecular weight excluding hydrogens is 943 g/mol. The van der Waals surface area contributed by atoms with Gasteiger partial charge in [-0.2, -0.15) is 0 Å². The van der Waals surface area contributed by atoms with Crippen LogP contribution in [0.15, 0.2) is 60.8 Å². The lowest BCUT2D eigenvalue weighted by atomic mass is 9.82. The van der Waals surface area contributed by atoms with Crippen molar-refractivity contribution in [2.24, 2.45) is 16.9 Å². The number of aliphatic hydroxyl groups excluding tert-OH is 1. The number of hydrogen-bond acceptors (Lipinski definition) is 13. The van der Waals surface area contributed by atoms with Gasteiger partial charge in [0.15, 0.2) is 0 Å². The van der Waals surface area contributed by atoms with E-state index in [1.54, 1.807) is 12.3 Å². The van der Waals surface area contributed by atoms with E-state index in [0.29, 0.717) is 50.6 Å². The second-order valence-corrected chi connectivity index (χ2v) is 18.0. The number of nitrogens with two attached hydrogens (primary N) is 2.